The number of hydrogen-bond donors (Lipinski definition) is 3. The predicted molar refractivity (Wildman–Crippen MR) is 64.9 cm³/mol. The zero-order chi connectivity index (χ0) is 12.6. The number of rotatable bonds is 3. The molecule has 0 aliphatic carbocycles. The molecule has 90 valence electrons. The summed E-state index contributed by atoms with van der Waals surface area (Å²) in [5, 5.41) is 8.74. The summed E-state index contributed by atoms with van der Waals surface area (Å²) in [4.78, 5) is 18.1. The maximum Gasteiger partial charge on any atom is 0.320 e. The van der Waals surface area contributed by atoms with E-state index in [-0.39, 0.29) is 6.42 Å². The summed E-state index contributed by atoms with van der Waals surface area (Å²) < 4.78 is 0. The fourth-order valence-corrected chi connectivity index (χ4v) is 1.71. The first-order chi connectivity index (χ1) is 7.97. The molecule has 0 aliphatic heterocycles. The molecular formula is C12H15N3O2. The first-order valence-electron chi connectivity index (χ1n) is 5.41. The molecule has 0 aliphatic rings. The zero-order valence-corrected chi connectivity index (χ0v) is 9.82. The number of H-pyrrole nitrogens is 1. The van der Waals surface area contributed by atoms with E-state index in [1.165, 1.54) is 5.56 Å². The second-order valence-corrected chi connectivity index (χ2v) is 4.29. The summed E-state index contributed by atoms with van der Waals surface area (Å²) in [5.74, 6) is -0.405. The lowest BCUT2D eigenvalue weighted by molar-refractivity contribution is -0.138. The summed E-state index contributed by atoms with van der Waals surface area (Å²) in [7, 11) is 0. The summed E-state index contributed by atoms with van der Waals surface area (Å²) in [5.41, 5.74) is 9.58. The van der Waals surface area contributed by atoms with E-state index in [1.54, 1.807) is 0 Å². The highest BCUT2D eigenvalue weighted by Crippen LogP contribution is 2.17. The van der Waals surface area contributed by atoms with Gasteiger partial charge in [-0.3, -0.25) is 4.79 Å². The molecule has 2 aromatic rings. The summed E-state index contributed by atoms with van der Waals surface area (Å²) in [6, 6.07) is 3.07. The van der Waals surface area contributed by atoms with Gasteiger partial charge >= 0.3 is 5.97 Å². The van der Waals surface area contributed by atoms with Gasteiger partial charge in [-0.2, -0.15) is 0 Å². The lowest BCUT2D eigenvalue weighted by Gasteiger charge is -2.01. The Bertz CT molecular complexity index is 535. The van der Waals surface area contributed by atoms with E-state index in [0.717, 1.165) is 16.6 Å². The van der Waals surface area contributed by atoms with E-state index in [4.69, 9.17) is 10.8 Å². The van der Waals surface area contributed by atoms with Crippen LogP contribution in [0.5, 0.6) is 0 Å². The number of nitrogens with one attached hydrogen (secondary N) is 1. The molecular weight excluding hydrogens is 218 g/mol. The number of fused-ring (bicyclic) bond motifs is 1. The van der Waals surface area contributed by atoms with Crippen LogP contribution in [0.1, 0.15) is 17.0 Å². The number of aromatic amines is 1. The van der Waals surface area contributed by atoms with Gasteiger partial charge in [0.05, 0.1) is 11.0 Å². The van der Waals surface area contributed by atoms with Crippen LogP contribution >= 0.6 is 0 Å². The van der Waals surface area contributed by atoms with Crippen LogP contribution in [-0.4, -0.2) is 27.1 Å². The van der Waals surface area contributed by atoms with Gasteiger partial charge in [0, 0.05) is 6.42 Å². The van der Waals surface area contributed by atoms with Gasteiger partial charge in [0.2, 0.25) is 0 Å². The van der Waals surface area contributed by atoms with Gasteiger partial charge in [0.25, 0.3) is 0 Å². The monoisotopic (exact) mass is 233 g/mol. The molecule has 0 radical (unpaired) electrons. The van der Waals surface area contributed by atoms with Crippen molar-refractivity contribution < 1.29 is 9.90 Å². The van der Waals surface area contributed by atoms with Crippen molar-refractivity contribution >= 4 is 17.0 Å². The van der Waals surface area contributed by atoms with E-state index in [0.29, 0.717) is 5.82 Å². The third kappa shape index (κ3) is 2.29. The summed E-state index contributed by atoms with van der Waals surface area (Å²) in [6.45, 7) is 4.05. The number of aryl methyl sites for hydroxylation is 2. The van der Waals surface area contributed by atoms with Crippen molar-refractivity contribution in [1.29, 1.82) is 0 Å². The fraction of sp³-hybridized carbons (Fsp3) is 0.333. The van der Waals surface area contributed by atoms with Crippen LogP contribution < -0.4 is 5.73 Å². The molecule has 1 aromatic carbocycles. The van der Waals surface area contributed by atoms with E-state index in [2.05, 4.69) is 9.97 Å². The fourth-order valence-electron chi connectivity index (χ4n) is 1.71. The molecule has 1 heterocycles. The molecule has 4 N–H and O–H groups in total. The van der Waals surface area contributed by atoms with E-state index >= 15 is 0 Å². The molecule has 5 nitrogen and oxygen atoms in total. The van der Waals surface area contributed by atoms with Crippen molar-refractivity contribution in [3.05, 3.63) is 29.1 Å². The Hall–Kier alpha value is -1.88. The Labute approximate surface area is 98.7 Å². The van der Waals surface area contributed by atoms with Crippen LogP contribution in [0.2, 0.25) is 0 Å². The molecule has 1 aromatic heterocycles. The number of nitrogens with zero attached hydrogens (tertiary/aromatic N) is 1. The van der Waals surface area contributed by atoms with Gasteiger partial charge < -0.3 is 15.8 Å². The minimum atomic E-state index is -1.02. The summed E-state index contributed by atoms with van der Waals surface area (Å²) >= 11 is 0. The third-order valence-electron chi connectivity index (χ3n) is 2.88. The topological polar surface area (TPSA) is 92.0 Å². The minimum Gasteiger partial charge on any atom is -0.480 e. The smallest absolute Gasteiger partial charge is 0.320 e. The number of imidazole rings is 1. The Morgan fingerprint density at radius 3 is 2.76 bits per heavy atom. The minimum absolute atomic E-state index is 0.210. The SMILES string of the molecule is Cc1cc2nc(CC(N)C(=O)O)[nH]c2cc1C. The molecule has 1 unspecified atom stereocenters. The second-order valence-electron chi connectivity index (χ2n) is 4.29. The Morgan fingerprint density at radius 1 is 1.47 bits per heavy atom. The maximum atomic E-state index is 10.7. The highest BCUT2D eigenvalue weighted by atomic mass is 16.4. The van der Waals surface area contributed by atoms with Crippen LogP contribution in [-0.2, 0) is 11.2 Å². The number of nitrogens with two attached hydrogens (primary N) is 1. The normalized spacial score (nSPS) is 12.9. The molecule has 0 saturated carbocycles. The first-order valence-corrected chi connectivity index (χ1v) is 5.41. The van der Waals surface area contributed by atoms with E-state index < -0.39 is 12.0 Å². The van der Waals surface area contributed by atoms with Gasteiger partial charge in [-0.05, 0) is 37.1 Å². The van der Waals surface area contributed by atoms with E-state index in [9.17, 15) is 4.79 Å². The number of aliphatic carboxylic acids is 1. The molecule has 17 heavy (non-hydrogen) atoms. The molecule has 2 rings (SSSR count). The van der Waals surface area contributed by atoms with Crippen molar-refractivity contribution in [2.24, 2.45) is 5.73 Å². The van der Waals surface area contributed by atoms with Gasteiger partial charge in [0.1, 0.15) is 11.9 Å². The van der Waals surface area contributed by atoms with Crippen molar-refractivity contribution in [1.82, 2.24) is 9.97 Å². The average molecular weight is 233 g/mol. The molecule has 0 bridgehead atoms. The quantitative estimate of drug-likeness (QED) is 0.741. The number of carboxylic acids is 1. The number of carbonyl (C=O) groups is 1. The third-order valence-corrected chi connectivity index (χ3v) is 2.88. The van der Waals surface area contributed by atoms with Crippen molar-refractivity contribution in [3.63, 3.8) is 0 Å². The van der Waals surface area contributed by atoms with Crippen molar-refractivity contribution in [2.45, 2.75) is 26.3 Å². The molecule has 5 heteroatoms. The van der Waals surface area contributed by atoms with E-state index in [1.807, 2.05) is 26.0 Å². The van der Waals surface area contributed by atoms with Gasteiger partial charge in [-0.25, -0.2) is 4.98 Å². The lowest BCUT2D eigenvalue weighted by Crippen LogP contribution is -2.32. The first kappa shape index (κ1) is 11.6. The largest absolute Gasteiger partial charge is 0.480 e. The van der Waals surface area contributed by atoms with Gasteiger partial charge in [-0.15, -0.1) is 0 Å². The Kier molecular flexibility index (Phi) is 2.85. The van der Waals surface area contributed by atoms with Crippen LogP contribution in [0, 0.1) is 13.8 Å². The highest BCUT2D eigenvalue weighted by molar-refractivity contribution is 5.77. The van der Waals surface area contributed by atoms with Crippen LogP contribution in [0.4, 0.5) is 0 Å². The maximum absolute atomic E-state index is 10.7. The van der Waals surface area contributed by atoms with Crippen molar-refractivity contribution in [3.8, 4) is 0 Å². The highest BCUT2D eigenvalue weighted by Gasteiger charge is 2.14. The lowest BCUT2D eigenvalue weighted by atomic mass is 10.1. The van der Waals surface area contributed by atoms with Crippen molar-refractivity contribution in [2.75, 3.05) is 0 Å². The predicted octanol–water partition coefficient (Wildman–Crippen LogP) is 1.13. The van der Waals surface area contributed by atoms with Crippen LogP contribution in [0.15, 0.2) is 12.1 Å². The van der Waals surface area contributed by atoms with Gasteiger partial charge in [0.15, 0.2) is 0 Å². The number of aromatic nitrogens is 2. The van der Waals surface area contributed by atoms with Crippen LogP contribution in [0.25, 0.3) is 11.0 Å². The Morgan fingerprint density at radius 2 is 2.12 bits per heavy atom. The number of hydrogen-bond acceptors (Lipinski definition) is 3. The Balaban J connectivity index is 2.35. The average Bonchev–Trinajstić information content (AvgIpc) is 2.60. The number of carboxylic acid groups (broad SMARTS) is 1. The molecule has 0 saturated heterocycles. The molecule has 0 fully saturated rings. The van der Waals surface area contributed by atoms with Gasteiger partial charge in [-0.1, -0.05) is 0 Å². The van der Waals surface area contributed by atoms with Crippen LogP contribution in [0.3, 0.4) is 0 Å². The molecule has 1 atom stereocenters. The standard InChI is InChI=1S/C12H15N3O2/c1-6-3-9-10(4-7(6)2)15-11(14-9)5-8(13)12(16)17/h3-4,8H,5,13H2,1-2H3,(H,14,15)(H,16,17). The second kappa shape index (κ2) is 4.18. The molecule has 0 amide bonds. The molecule has 0 spiro atoms. The zero-order valence-electron chi connectivity index (χ0n) is 9.82. The summed E-state index contributed by atoms with van der Waals surface area (Å²) in [6.07, 6.45) is 0.210. The number of benzene rings is 1.